The molecule has 0 amide bonds. The lowest BCUT2D eigenvalue weighted by Crippen LogP contribution is -2.42. The molecule has 1 fully saturated rings. The summed E-state index contributed by atoms with van der Waals surface area (Å²) in [5.74, 6) is 0.0201. The fourth-order valence-corrected chi connectivity index (χ4v) is 3.64. The standard InChI is InChI=1S/C18H17N3/c19-12-15-13-21(16-7-2-1-3-8-16)20-11-10-14-6-4-5-9-17(14)18(15)20/h1-9,15,18H,10-11,13H2. The van der Waals surface area contributed by atoms with E-state index in [0.29, 0.717) is 0 Å². The van der Waals surface area contributed by atoms with Gasteiger partial charge in [-0.2, -0.15) is 5.26 Å². The van der Waals surface area contributed by atoms with Crippen molar-refractivity contribution < 1.29 is 0 Å². The zero-order valence-electron chi connectivity index (χ0n) is 11.8. The second-order valence-corrected chi connectivity index (χ2v) is 5.71. The maximum atomic E-state index is 9.59. The summed E-state index contributed by atoms with van der Waals surface area (Å²) >= 11 is 0. The Balaban J connectivity index is 1.77. The lowest BCUT2D eigenvalue weighted by Gasteiger charge is -2.37. The van der Waals surface area contributed by atoms with Gasteiger partial charge in [-0.15, -0.1) is 0 Å². The van der Waals surface area contributed by atoms with Crippen LogP contribution in [-0.4, -0.2) is 18.1 Å². The predicted octanol–water partition coefficient (Wildman–Crippen LogP) is 3.16. The molecule has 3 heteroatoms. The molecule has 0 N–H and O–H groups in total. The number of nitrogens with zero attached hydrogens (tertiary/aromatic N) is 3. The van der Waals surface area contributed by atoms with Gasteiger partial charge in [0.2, 0.25) is 0 Å². The second-order valence-electron chi connectivity index (χ2n) is 5.71. The summed E-state index contributed by atoms with van der Waals surface area (Å²) in [5.41, 5.74) is 3.90. The van der Waals surface area contributed by atoms with E-state index in [1.807, 2.05) is 6.07 Å². The normalized spacial score (nSPS) is 24.2. The summed E-state index contributed by atoms with van der Waals surface area (Å²) in [6.07, 6.45) is 1.05. The Morgan fingerprint density at radius 1 is 1.00 bits per heavy atom. The van der Waals surface area contributed by atoms with Gasteiger partial charge in [0.05, 0.1) is 30.3 Å². The molecule has 4 rings (SSSR count). The van der Waals surface area contributed by atoms with Crippen LogP contribution in [-0.2, 0) is 6.42 Å². The van der Waals surface area contributed by atoms with Gasteiger partial charge < -0.3 is 5.01 Å². The third-order valence-electron chi connectivity index (χ3n) is 4.59. The quantitative estimate of drug-likeness (QED) is 0.801. The smallest absolute Gasteiger partial charge is 0.0869 e. The van der Waals surface area contributed by atoms with Crippen molar-refractivity contribution >= 4 is 5.69 Å². The Labute approximate surface area is 125 Å². The van der Waals surface area contributed by atoms with Crippen molar-refractivity contribution in [1.29, 1.82) is 5.26 Å². The molecule has 2 unspecified atom stereocenters. The van der Waals surface area contributed by atoms with Crippen molar-refractivity contribution in [2.75, 3.05) is 18.1 Å². The number of anilines is 1. The largest absolute Gasteiger partial charge is 0.304 e. The van der Waals surface area contributed by atoms with Crippen LogP contribution in [0.3, 0.4) is 0 Å². The molecule has 0 aromatic heterocycles. The first kappa shape index (κ1) is 12.4. The Kier molecular flexibility index (Phi) is 2.90. The van der Waals surface area contributed by atoms with Gasteiger partial charge in [0.15, 0.2) is 0 Å². The number of hydrogen-bond acceptors (Lipinski definition) is 3. The van der Waals surface area contributed by atoms with Crippen LogP contribution in [0.1, 0.15) is 17.2 Å². The number of hydrogen-bond donors (Lipinski definition) is 0. The molecule has 2 heterocycles. The topological polar surface area (TPSA) is 30.3 Å². The van der Waals surface area contributed by atoms with Crippen LogP contribution in [0.15, 0.2) is 54.6 Å². The number of benzene rings is 2. The van der Waals surface area contributed by atoms with E-state index < -0.39 is 0 Å². The molecule has 104 valence electrons. The molecule has 0 spiro atoms. The van der Waals surface area contributed by atoms with Crippen LogP contribution >= 0.6 is 0 Å². The second kappa shape index (κ2) is 4.91. The van der Waals surface area contributed by atoms with Gasteiger partial charge in [0, 0.05) is 6.54 Å². The molecule has 3 nitrogen and oxygen atoms in total. The lowest BCUT2D eigenvalue weighted by atomic mass is 9.88. The molecule has 0 aliphatic carbocycles. The third-order valence-corrected chi connectivity index (χ3v) is 4.59. The lowest BCUT2D eigenvalue weighted by molar-refractivity contribution is 0.211. The van der Waals surface area contributed by atoms with Crippen molar-refractivity contribution in [3.05, 3.63) is 65.7 Å². The Bertz CT molecular complexity index is 689. The third kappa shape index (κ3) is 1.91. The van der Waals surface area contributed by atoms with Crippen LogP contribution in [0.2, 0.25) is 0 Å². The molecule has 2 aliphatic rings. The number of rotatable bonds is 1. The molecule has 21 heavy (non-hydrogen) atoms. The maximum absolute atomic E-state index is 9.59. The van der Waals surface area contributed by atoms with E-state index in [9.17, 15) is 5.26 Å². The van der Waals surface area contributed by atoms with Crippen molar-refractivity contribution in [3.8, 4) is 6.07 Å². The van der Waals surface area contributed by atoms with E-state index in [1.54, 1.807) is 0 Å². The van der Waals surface area contributed by atoms with E-state index in [0.717, 1.165) is 19.5 Å². The number of fused-ring (bicyclic) bond motifs is 3. The Morgan fingerprint density at radius 2 is 1.76 bits per heavy atom. The summed E-state index contributed by atoms with van der Waals surface area (Å²) in [4.78, 5) is 0. The molecule has 0 bridgehead atoms. The van der Waals surface area contributed by atoms with E-state index in [-0.39, 0.29) is 12.0 Å². The highest BCUT2D eigenvalue weighted by Crippen LogP contribution is 2.42. The van der Waals surface area contributed by atoms with E-state index in [1.165, 1.54) is 16.8 Å². The van der Waals surface area contributed by atoms with Gasteiger partial charge in [0.1, 0.15) is 0 Å². The van der Waals surface area contributed by atoms with E-state index >= 15 is 0 Å². The monoisotopic (exact) mass is 275 g/mol. The Hall–Kier alpha value is -2.31. The Morgan fingerprint density at radius 3 is 2.57 bits per heavy atom. The fourth-order valence-electron chi connectivity index (χ4n) is 3.64. The van der Waals surface area contributed by atoms with Crippen LogP contribution < -0.4 is 5.01 Å². The average Bonchev–Trinajstić information content (AvgIpc) is 2.95. The van der Waals surface area contributed by atoms with Gasteiger partial charge in [-0.25, -0.2) is 5.01 Å². The van der Waals surface area contributed by atoms with Gasteiger partial charge in [-0.1, -0.05) is 42.5 Å². The molecule has 0 radical (unpaired) electrons. The van der Waals surface area contributed by atoms with Gasteiger partial charge in [-0.3, -0.25) is 0 Å². The van der Waals surface area contributed by atoms with Crippen LogP contribution in [0.25, 0.3) is 0 Å². The molecule has 0 saturated carbocycles. The van der Waals surface area contributed by atoms with Gasteiger partial charge in [-0.05, 0) is 29.7 Å². The summed E-state index contributed by atoms with van der Waals surface area (Å²) in [5, 5.41) is 14.3. The van der Waals surface area contributed by atoms with Gasteiger partial charge >= 0.3 is 0 Å². The summed E-state index contributed by atoms with van der Waals surface area (Å²) in [6, 6.07) is 21.7. The molecule has 2 aromatic carbocycles. The molecule has 1 saturated heterocycles. The zero-order chi connectivity index (χ0) is 14.2. The minimum atomic E-state index is 0.0201. The first-order valence-electron chi connectivity index (χ1n) is 7.45. The molecule has 2 atom stereocenters. The first-order chi connectivity index (χ1) is 10.4. The minimum Gasteiger partial charge on any atom is -0.304 e. The van der Waals surface area contributed by atoms with Crippen LogP contribution in [0.5, 0.6) is 0 Å². The summed E-state index contributed by atoms with van der Waals surface area (Å²) in [7, 11) is 0. The summed E-state index contributed by atoms with van der Waals surface area (Å²) < 4.78 is 0. The number of nitriles is 1. The molecule has 2 aliphatic heterocycles. The van der Waals surface area contributed by atoms with E-state index in [2.05, 4.69) is 64.6 Å². The predicted molar refractivity (Wildman–Crippen MR) is 82.5 cm³/mol. The highest BCUT2D eigenvalue weighted by Gasteiger charge is 2.43. The highest BCUT2D eigenvalue weighted by atomic mass is 15.7. The molecular weight excluding hydrogens is 258 g/mol. The fraction of sp³-hybridized carbons (Fsp3) is 0.278. The van der Waals surface area contributed by atoms with Crippen LogP contribution in [0, 0.1) is 17.2 Å². The molecule has 2 aromatic rings. The average molecular weight is 275 g/mol. The number of hydrazine groups is 1. The van der Waals surface area contributed by atoms with Gasteiger partial charge in [0.25, 0.3) is 0 Å². The number of para-hydroxylation sites is 1. The minimum absolute atomic E-state index is 0.0201. The van der Waals surface area contributed by atoms with Crippen LogP contribution in [0.4, 0.5) is 5.69 Å². The highest BCUT2D eigenvalue weighted by molar-refractivity contribution is 5.49. The van der Waals surface area contributed by atoms with Crippen molar-refractivity contribution in [3.63, 3.8) is 0 Å². The SMILES string of the molecule is N#CC1CN(c2ccccc2)N2CCc3ccccc3C12. The van der Waals surface area contributed by atoms with Crippen molar-refractivity contribution in [1.82, 2.24) is 5.01 Å². The zero-order valence-corrected chi connectivity index (χ0v) is 11.8. The summed E-state index contributed by atoms with van der Waals surface area (Å²) in [6.45, 7) is 1.76. The molecular formula is C18H17N3. The first-order valence-corrected chi connectivity index (χ1v) is 7.45. The maximum Gasteiger partial charge on any atom is 0.0869 e. The van der Waals surface area contributed by atoms with Crippen molar-refractivity contribution in [2.24, 2.45) is 5.92 Å². The van der Waals surface area contributed by atoms with E-state index in [4.69, 9.17) is 0 Å². The van der Waals surface area contributed by atoms with Crippen molar-refractivity contribution in [2.45, 2.75) is 12.5 Å².